The number of epoxide rings is 1. The number of alkyl halides is 1. The Morgan fingerprint density at radius 1 is 1.31 bits per heavy atom. The Kier molecular flexibility index (Phi) is 2.55. The van der Waals surface area contributed by atoms with Crippen molar-refractivity contribution in [2.45, 2.75) is 43.8 Å². The fourth-order valence-electron chi connectivity index (χ4n) is 3.20. The van der Waals surface area contributed by atoms with Crippen LogP contribution in [0.1, 0.15) is 36.8 Å². The Morgan fingerprint density at radius 3 is 2.69 bits per heavy atom. The van der Waals surface area contributed by atoms with Crippen LogP contribution < -0.4 is 0 Å². The number of rotatable bonds is 2. The number of hydrogen-bond donors (Lipinski definition) is 0. The Balaban J connectivity index is 1.99. The molecular formula is C14H17IO. The minimum Gasteiger partial charge on any atom is -0.357 e. The highest BCUT2D eigenvalue weighted by Crippen LogP contribution is 2.64. The second kappa shape index (κ2) is 3.70. The van der Waals surface area contributed by atoms with Gasteiger partial charge in [0.05, 0.1) is 0 Å². The van der Waals surface area contributed by atoms with Crippen molar-refractivity contribution in [2.24, 2.45) is 0 Å². The van der Waals surface area contributed by atoms with Crippen LogP contribution in [0.5, 0.6) is 0 Å². The minimum atomic E-state index is 0.0378. The van der Waals surface area contributed by atoms with E-state index in [4.69, 9.17) is 4.74 Å². The molecule has 16 heavy (non-hydrogen) atoms. The van der Waals surface area contributed by atoms with Crippen LogP contribution in [0.3, 0.4) is 0 Å². The molecule has 0 unspecified atom stereocenters. The highest BCUT2D eigenvalue weighted by molar-refractivity contribution is 14.1. The summed E-state index contributed by atoms with van der Waals surface area (Å²) in [5.41, 5.74) is 2.96. The maximum atomic E-state index is 6.24. The fraction of sp³-hybridized carbons (Fsp3) is 0.571. The molecule has 0 radical (unpaired) electrons. The van der Waals surface area contributed by atoms with Crippen LogP contribution in [-0.2, 0) is 10.3 Å². The second-order valence-electron chi connectivity index (χ2n) is 5.13. The summed E-state index contributed by atoms with van der Waals surface area (Å²) in [5, 5.41) is 0. The molecule has 1 spiro atoms. The number of benzene rings is 1. The van der Waals surface area contributed by atoms with E-state index in [-0.39, 0.29) is 11.2 Å². The second-order valence-corrected chi connectivity index (χ2v) is 5.90. The topological polar surface area (TPSA) is 12.5 Å². The molecule has 3 rings (SSSR count). The first-order valence-electron chi connectivity index (χ1n) is 6.06. The quantitative estimate of drug-likeness (QED) is 0.455. The standard InChI is InChI=1S/C14H17IO/c1-11-5-4-6-12(9-11)14(10-15)13(16-14)7-2-3-8-13/h4-6,9H,2-3,7-8,10H2,1H3/t14-/m0/s1. The minimum absolute atomic E-state index is 0.0378. The molecule has 0 amide bonds. The third-order valence-corrected chi connectivity index (χ3v) is 5.22. The largest absolute Gasteiger partial charge is 0.357 e. The van der Waals surface area contributed by atoms with Gasteiger partial charge in [0, 0.05) is 4.43 Å². The maximum absolute atomic E-state index is 6.24. The summed E-state index contributed by atoms with van der Waals surface area (Å²) in [5.74, 6) is 0. The molecule has 2 fully saturated rings. The zero-order valence-electron chi connectivity index (χ0n) is 9.63. The third-order valence-electron chi connectivity index (χ3n) is 4.15. The Labute approximate surface area is 111 Å². The Bertz CT molecular complexity index is 409. The van der Waals surface area contributed by atoms with Crippen LogP contribution in [0.2, 0.25) is 0 Å². The molecule has 1 heterocycles. The molecule has 1 atom stereocenters. The number of aryl methyl sites for hydroxylation is 1. The molecular weight excluding hydrogens is 311 g/mol. The number of hydrogen-bond acceptors (Lipinski definition) is 1. The van der Waals surface area contributed by atoms with Crippen molar-refractivity contribution in [1.82, 2.24) is 0 Å². The Morgan fingerprint density at radius 2 is 2.06 bits per heavy atom. The molecule has 0 N–H and O–H groups in total. The summed E-state index contributed by atoms with van der Waals surface area (Å²) in [4.78, 5) is 0. The van der Waals surface area contributed by atoms with Gasteiger partial charge in [-0.15, -0.1) is 0 Å². The molecule has 2 heteroatoms. The zero-order valence-corrected chi connectivity index (χ0v) is 11.8. The van der Waals surface area contributed by atoms with Gasteiger partial charge in [0.1, 0.15) is 11.2 Å². The summed E-state index contributed by atoms with van der Waals surface area (Å²) >= 11 is 2.48. The molecule has 1 aromatic rings. The first kappa shape index (κ1) is 11.0. The summed E-state index contributed by atoms with van der Waals surface area (Å²) < 4.78 is 7.31. The van der Waals surface area contributed by atoms with Crippen molar-refractivity contribution in [1.29, 1.82) is 0 Å². The van der Waals surface area contributed by atoms with E-state index in [2.05, 4.69) is 53.8 Å². The van der Waals surface area contributed by atoms with E-state index in [0.29, 0.717) is 0 Å². The summed E-state index contributed by atoms with van der Waals surface area (Å²) in [7, 11) is 0. The predicted molar refractivity (Wildman–Crippen MR) is 74.0 cm³/mol. The van der Waals surface area contributed by atoms with Crippen molar-refractivity contribution < 1.29 is 4.74 Å². The van der Waals surface area contributed by atoms with Crippen LogP contribution in [0.25, 0.3) is 0 Å². The van der Waals surface area contributed by atoms with E-state index >= 15 is 0 Å². The third kappa shape index (κ3) is 1.39. The van der Waals surface area contributed by atoms with E-state index in [0.717, 1.165) is 4.43 Å². The van der Waals surface area contributed by atoms with Crippen molar-refractivity contribution in [3.63, 3.8) is 0 Å². The van der Waals surface area contributed by atoms with E-state index in [1.165, 1.54) is 36.8 Å². The zero-order chi connectivity index (χ0) is 11.2. The number of halogens is 1. The lowest BCUT2D eigenvalue weighted by Crippen LogP contribution is -2.23. The molecule has 1 aromatic carbocycles. The molecule has 1 nitrogen and oxygen atoms in total. The summed E-state index contributed by atoms with van der Waals surface area (Å²) in [6.07, 6.45) is 5.18. The van der Waals surface area contributed by atoms with Crippen molar-refractivity contribution in [3.8, 4) is 0 Å². The van der Waals surface area contributed by atoms with E-state index in [1.54, 1.807) is 0 Å². The van der Waals surface area contributed by atoms with E-state index in [1.807, 2.05) is 0 Å². The smallest absolute Gasteiger partial charge is 0.132 e. The van der Waals surface area contributed by atoms with Gasteiger partial charge in [-0.1, -0.05) is 65.3 Å². The van der Waals surface area contributed by atoms with Gasteiger partial charge in [-0.05, 0) is 25.3 Å². The van der Waals surface area contributed by atoms with Gasteiger partial charge < -0.3 is 4.74 Å². The SMILES string of the molecule is Cc1cccc([C@]2(CI)OC23CCCC3)c1. The van der Waals surface area contributed by atoms with Crippen LogP contribution in [-0.4, -0.2) is 10.0 Å². The van der Waals surface area contributed by atoms with Crippen molar-refractivity contribution >= 4 is 22.6 Å². The van der Waals surface area contributed by atoms with E-state index in [9.17, 15) is 0 Å². The summed E-state index contributed by atoms with van der Waals surface area (Å²) in [6.45, 7) is 2.16. The molecule has 86 valence electrons. The van der Waals surface area contributed by atoms with Gasteiger partial charge in [0.25, 0.3) is 0 Å². The first-order chi connectivity index (χ1) is 7.72. The highest BCUT2D eigenvalue weighted by Gasteiger charge is 2.70. The molecule has 1 aliphatic heterocycles. The lowest BCUT2D eigenvalue weighted by Gasteiger charge is -2.14. The lowest BCUT2D eigenvalue weighted by atomic mass is 9.86. The van der Waals surface area contributed by atoms with Gasteiger partial charge in [0.15, 0.2) is 0 Å². The van der Waals surface area contributed by atoms with Crippen LogP contribution in [0.15, 0.2) is 24.3 Å². The molecule has 0 bridgehead atoms. The van der Waals surface area contributed by atoms with E-state index < -0.39 is 0 Å². The number of ether oxygens (including phenoxy) is 1. The van der Waals surface area contributed by atoms with Crippen LogP contribution in [0.4, 0.5) is 0 Å². The normalized spacial score (nSPS) is 30.9. The molecule has 0 aromatic heterocycles. The van der Waals surface area contributed by atoms with Crippen LogP contribution in [0, 0.1) is 6.92 Å². The molecule has 1 saturated carbocycles. The fourth-order valence-corrected chi connectivity index (χ4v) is 4.50. The Hall–Kier alpha value is -0.0900. The maximum Gasteiger partial charge on any atom is 0.132 e. The van der Waals surface area contributed by atoms with Gasteiger partial charge in [-0.25, -0.2) is 0 Å². The molecule has 1 saturated heterocycles. The lowest BCUT2D eigenvalue weighted by molar-refractivity contribution is 0.274. The van der Waals surface area contributed by atoms with Crippen molar-refractivity contribution in [3.05, 3.63) is 35.4 Å². The highest BCUT2D eigenvalue weighted by atomic mass is 127. The van der Waals surface area contributed by atoms with Gasteiger partial charge in [-0.2, -0.15) is 0 Å². The average Bonchev–Trinajstić information content (AvgIpc) is 2.66. The molecule has 2 aliphatic rings. The molecule has 1 aliphatic carbocycles. The predicted octanol–water partition coefficient (Wildman–Crippen LogP) is 3.97. The summed E-state index contributed by atoms with van der Waals surface area (Å²) in [6, 6.07) is 8.85. The van der Waals surface area contributed by atoms with Crippen molar-refractivity contribution in [2.75, 3.05) is 4.43 Å². The average molecular weight is 328 g/mol. The van der Waals surface area contributed by atoms with Gasteiger partial charge in [-0.3, -0.25) is 0 Å². The monoisotopic (exact) mass is 328 g/mol. The van der Waals surface area contributed by atoms with Gasteiger partial charge >= 0.3 is 0 Å². The van der Waals surface area contributed by atoms with Gasteiger partial charge in [0.2, 0.25) is 0 Å². The first-order valence-corrected chi connectivity index (χ1v) is 7.58. The van der Waals surface area contributed by atoms with Crippen LogP contribution >= 0.6 is 22.6 Å².